The summed E-state index contributed by atoms with van der Waals surface area (Å²) in [5.74, 6) is 0. The van der Waals surface area contributed by atoms with E-state index in [0.29, 0.717) is 0 Å². The second kappa shape index (κ2) is 3.32. The predicted molar refractivity (Wildman–Crippen MR) is 49.1 cm³/mol. The summed E-state index contributed by atoms with van der Waals surface area (Å²) in [5, 5.41) is 0. The van der Waals surface area contributed by atoms with E-state index in [1.54, 1.807) is 0 Å². The van der Waals surface area contributed by atoms with Gasteiger partial charge in [0.2, 0.25) is 0 Å². The third kappa shape index (κ3) is 2.67. The molecule has 0 rings (SSSR count). The van der Waals surface area contributed by atoms with Crippen LogP contribution in [0.5, 0.6) is 0 Å². The number of alkyl halides is 2. The molecule has 0 aromatic heterocycles. The standard InChI is InChI=1S/C8H16Cl2/c1-5-6-8(4,10)7(2,3)9/h5-6H2,1-4H3. The highest BCUT2D eigenvalue weighted by molar-refractivity contribution is 6.34. The molecular formula is C8H16Cl2. The Balaban J connectivity index is 4.10. The molecule has 1 unspecified atom stereocenters. The average molecular weight is 183 g/mol. The van der Waals surface area contributed by atoms with Crippen LogP contribution in [0.2, 0.25) is 0 Å². The van der Waals surface area contributed by atoms with Crippen LogP contribution in [0.15, 0.2) is 0 Å². The van der Waals surface area contributed by atoms with E-state index >= 15 is 0 Å². The first-order valence-electron chi connectivity index (χ1n) is 3.69. The van der Waals surface area contributed by atoms with Crippen molar-refractivity contribution >= 4 is 23.2 Å². The van der Waals surface area contributed by atoms with E-state index in [-0.39, 0.29) is 9.75 Å². The fraction of sp³-hybridized carbons (Fsp3) is 1.00. The molecule has 0 saturated carbocycles. The third-order valence-corrected chi connectivity index (χ3v) is 3.13. The molecule has 0 saturated heterocycles. The van der Waals surface area contributed by atoms with Crippen LogP contribution in [0.3, 0.4) is 0 Å². The second-order valence-corrected chi connectivity index (χ2v) is 5.20. The molecule has 0 radical (unpaired) electrons. The number of rotatable bonds is 3. The summed E-state index contributed by atoms with van der Waals surface area (Å²) < 4.78 is 0. The minimum Gasteiger partial charge on any atom is -0.118 e. The molecule has 0 fully saturated rings. The fourth-order valence-corrected chi connectivity index (χ4v) is 1.05. The molecule has 0 aliphatic heterocycles. The molecule has 0 spiro atoms. The highest BCUT2D eigenvalue weighted by atomic mass is 35.5. The predicted octanol–water partition coefficient (Wildman–Crippen LogP) is 3.80. The molecule has 0 heterocycles. The maximum Gasteiger partial charge on any atom is 0.0604 e. The molecule has 10 heavy (non-hydrogen) atoms. The van der Waals surface area contributed by atoms with E-state index in [2.05, 4.69) is 6.92 Å². The van der Waals surface area contributed by atoms with Crippen molar-refractivity contribution in [3.05, 3.63) is 0 Å². The maximum absolute atomic E-state index is 6.18. The van der Waals surface area contributed by atoms with Crippen molar-refractivity contribution in [1.29, 1.82) is 0 Å². The van der Waals surface area contributed by atoms with E-state index in [1.165, 1.54) is 0 Å². The van der Waals surface area contributed by atoms with Gasteiger partial charge >= 0.3 is 0 Å². The quantitative estimate of drug-likeness (QED) is 0.583. The Hall–Kier alpha value is 0.580. The minimum absolute atomic E-state index is 0.274. The van der Waals surface area contributed by atoms with Crippen LogP contribution in [-0.2, 0) is 0 Å². The van der Waals surface area contributed by atoms with Crippen molar-refractivity contribution in [3.8, 4) is 0 Å². The molecule has 0 bridgehead atoms. The zero-order chi connectivity index (χ0) is 8.41. The third-order valence-electron chi connectivity index (χ3n) is 1.96. The number of halogens is 2. The molecular weight excluding hydrogens is 167 g/mol. The van der Waals surface area contributed by atoms with Gasteiger partial charge in [-0.15, -0.1) is 23.2 Å². The van der Waals surface area contributed by atoms with Crippen LogP contribution < -0.4 is 0 Å². The van der Waals surface area contributed by atoms with Gasteiger partial charge in [-0.2, -0.15) is 0 Å². The van der Waals surface area contributed by atoms with Crippen molar-refractivity contribution in [1.82, 2.24) is 0 Å². The summed E-state index contributed by atoms with van der Waals surface area (Å²) in [6.45, 7) is 8.02. The van der Waals surface area contributed by atoms with Crippen LogP contribution in [0.4, 0.5) is 0 Å². The lowest BCUT2D eigenvalue weighted by Crippen LogP contribution is -2.37. The van der Waals surface area contributed by atoms with Crippen molar-refractivity contribution < 1.29 is 0 Å². The van der Waals surface area contributed by atoms with Gasteiger partial charge in [0.1, 0.15) is 0 Å². The van der Waals surface area contributed by atoms with Crippen LogP contribution >= 0.6 is 23.2 Å². The average Bonchev–Trinajstić information content (AvgIpc) is 1.61. The second-order valence-electron chi connectivity index (χ2n) is 3.42. The summed E-state index contributed by atoms with van der Waals surface area (Å²) in [7, 11) is 0. The smallest absolute Gasteiger partial charge is 0.0604 e. The Morgan fingerprint density at radius 1 is 1.10 bits per heavy atom. The zero-order valence-electron chi connectivity index (χ0n) is 7.17. The van der Waals surface area contributed by atoms with Gasteiger partial charge in [-0.3, -0.25) is 0 Å². The van der Waals surface area contributed by atoms with Gasteiger partial charge in [-0.1, -0.05) is 13.3 Å². The summed E-state index contributed by atoms with van der Waals surface area (Å²) in [6, 6.07) is 0. The van der Waals surface area contributed by atoms with Gasteiger partial charge in [-0.05, 0) is 27.2 Å². The number of hydrogen-bond acceptors (Lipinski definition) is 0. The molecule has 0 aromatic carbocycles. The summed E-state index contributed by atoms with van der Waals surface area (Å²) >= 11 is 12.3. The first-order valence-corrected chi connectivity index (χ1v) is 4.44. The minimum atomic E-state index is -0.315. The number of hydrogen-bond donors (Lipinski definition) is 0. The lowest BCUT2D eigenvalue weighted by Gasteiger charge is -2.33. The highest BCUT2D eigenvalue weighted by Crippen LogP contribution is 2.37. The Morgan fingerprint density at radius 3 is 1.60 bits per heavy atom. The van der Waals surface area contributed by atoms with E-state index in [9.17, 15) is 0 Å². The summed E-state index contributed by atoms with van der Waals surface area (Å²) in [4.78, 5) is -0.589. The van der Waals surface area contributed by atoms with Gasteiger partial charge in [0, 0.05) is 0 Å². The molecule has 0 aliphatic carbocycles. The van der Waals surface area contributed by atoms with E-state index in [0.717, 1.165) is 12.8 Å². The van der Waals surface area contributed by atoms with Gasteiger partial charge in [0.05, 0.1) is 9.75 Å². The Bertz CT molecular complexity index is 100. The maximum atomic E-state index is 6.18. The monoisotopic (exact) mass is 182 g/mol. The van der Waals surface area contributed by atoms with Crippen molar-refractivity contribution in [2.45, 2.75) is 50.3 Å². The highest BCUT2D eigenvalue weighted by Gasteiger charge is 2.36. The molecule has 2 heteroatoms. The van der Waals surface area contributed by atoms with Crippen LogP contribution in [-0.4, -0.2) is 9.75 Å². The Morgan fingerprint density at radius 2 is 1.50 bits per heavy atom. The first kappa shape index (κ1) is 10.6. The van der Waals surface area contributed by atoms with Gasteiger partial charge in [0.15, 0.2) is 0 Å². The lowest BCUT2D eigenvalue weighted by molar-refractivity contribution is 0.454. The molecule has 62 valence electrons. The lowest BCUT2D eigenvalue weighted by atomic mass is 9.91. The van der Waals surface area contributed by atoms with Gasteiger partial charge < -0.3 is 0 Å². The molecule has 0 aromatic rings. The van der Waals surface area contributed by atoms with Gasteiger partial charge in [0.25, 0.3) is 0 Å². The van der Waals surface area contributed by atoms with Crippen molar-refractivity contribution in [3.63, 3.8) is 0 Å². The summed E-state index contributed by atoms with van der Waals surface area (Å²) in [6.07, 6.45) is 2.04. The zero-order valence-corrected chi connectivity index (χ0v) is 8.68. The SMILES string of the molecule is CCCC(C)(Cl)C(C)(C)Cl. The molecule has 0 nitrogen and oxygen atoms in total. The van der Waals surface area contributed by atoms with Gasteiger partial charge in [-0.25, -0.2) is 0 Å². The van der Waals surface area contributed by atoms with E-state index in [1.807, 2.05) is 20.8 Å². The van der Waals surface area contributed by atoms with Crippen molar-refractivity contribution in [2.24, 2.45) is 0 Å². The molecule has 1 atom stereocenters. The normalized spacial score (nSPS) is 18.6. The van der Waals surface area contributed by atoms with E-state index < -0.39 is 0 Å². The molecule has 0 aliphatic rings. The topological polar surface area (TPSA) is 0 Å². The van der Waals surface area contributed by atoms with Crippen LogP contribution in [0, 0.1) is 0 Å². The Labute approximate surface area is 73.9 Å². The molecule has 0 amide bonds. The Kier molecular flexibility index (Phi) is 3.51. The van der Waals surface area contributed by atoms with Crippen LogP contribution in [0.1, 0.15) is 40.5 Å². The van der Waals surface area contributed by atoms with Crippen molar-refractivity contribution in [2.75, 3.05) is 0 Å². The molecule has 0 N–H and O–H groups in total. The first-order chi connectivity index (χ1) is 4.31. The summed E-state index contributed by atoms with van der Waals surface area (Å²) in [5.41, 5.74) is 0. The van der Waals surface area contributed by atoms with E-state index in [4.69, 9.17) is 23.2 Å². The van der Waals surface area contributed by atoms with Crippen LogP contribution in [0.25, 0.3) is 0 Å². The fourth-order valence-electron chi connectivity index (χ4n) is 0.767. The largest absolute Gasteiger partial charge is 0.118 e.